The van der Waals surface area contributed by atoms with Crippen LogP contribution in [-0.4, -0.2) is 22.4 Å². The molecule has 3 heteroatoms. The van der Waals surface area contributed by atoms with Gasteiger partial charge in [0, 0.05) is 24.7 Å². The van der Waals surface area contributed by atoms with Crippen molar-refractivity contribution in [1.82, 2.24) is 15.1 Å². The lowest BCUT2D eigenvalue weighted by Crippen LogP contribution is -2.32. The minimum absolute atomic E-state index is 0.446. The monoisotopic (exact) mass is 289 g/mol. The van der Waals surface area contributed by atoms with Gasteiger partial charge in [0.05, 0.1) is 5.69 Å². The molecule has 1 N–H and O–H groups in total. The summed E-state index contributed by atoms with van der Waals surface area (Å²) in [6.07, 6.45) is 13.3. The third-order valence-electron chi connectivity index (χ3n) is 4.22. The number of allylic oxidation sites excluding steroid dienone is 1. The minimum Gasteiger partial charge on any atom is -0.313 e. The number of hydrogen-bond acceptors (Lipinski definition) is 2. The molecule has 0 saturated carbocycles. The van der Waals surface area contributed by atoms with Crippen molar-refractivity contribution in [2.45, 2.75) is 77.8 Å². The van der Waals surface area contributed by atoms with E-state index in [-0.39, 0.29) is 0 Å². The summed E-state index contributed by atoms with van der Waals surface area (Å²) >= 11 is 0. The number of aromatic nitrogens is 2. The van der Waals surface area contributed by atoms with Crippen LogP contribution in [-0.2, 0) is 6.42 Å². The molecule has 1 aromatic rings. The minimum atomic E-state index is 0.446. The molecule has 0 aromatic carbocycles. The maximum Gasteiger partial charge on any atom is 0.0640 e. The Labute approximate surface area is 129 Å². The van der Waals surface area contributed by atoms with Gasteiger partial charge in [-0.15, -0.1) is 0 Å². The van der Waals surface area contributed by atoms with Gasteiger partial charge in [-0.2, -0.15) is 5.10 Å². The molecule has 1 unspecified atom stereocenters. The van der Waals surface area contributed by atoms with Crippen LogP contribution in [0.1, 0.15) is 71.0 Å². The van der Waals surface area contributed by atoms with Crippen molar-refractivity contribution in [2.24, 2.45) is 0 Å². The Kier molecular flexibility index (Phi) is 6.50. The third kappa shape index (κ3) is 5.31. The first-order valence-corrected chi connectivity index (χ1v) is 8.64. The second-order valence-corrected chi connectivity index (χ2v) is 6.55. The molecule has 1 aliphatic rings. The van der Waals surface area contributed by atoms with Crippen molar-refractivity contribution < 1.29 is 0 Å². The third-order valence-corrected chi connectivity index (χ3v) is 4.22. The molecule has 0 spiro atoms. The summed E-state index contributed by atoms with van der Waals surface area (Å²) < 4.78 is 2.06. The van der Waals surface area contributed by atoms with Gasteiger partial charge in [-0.3, -0.25) is 4.68 Å². The van der Waals surface area contributed by atoms with E-state index in [4.69, 9.17) is 5.10 Å². The smallest absolute Gasteiger partial charge is 0.0640 e. The van der Waals surface area contributed by atoms with Gasteiger partial charge in [-0.05, 0) is 65.0 Å². The highest BCUT2D eigenvalue weighted by atomic mass is 15.3. The van der Waals surface area contributed by atoms with Crippen molar-refractivity contribution in [1.29, 1.82) is 0 Å². The van der Waals surface area contributed by atoms with Crippen LogP contribution in [0.2, 0.25) is 0 Å². The van der Waals surface area contributed by atoms with Crippen LogP contribution in [0.4, 0.5) is 0 Å². The molecule has 2 rings (SSSR count). The van der Waals surface area contributed by atoms with Crippen molar-refractivity contribution in [2.75, 3.05) is 6.54 Å². The summed E-state index contributed by atoms with van der Waals surface area (Å²) in [5.74, 6) is 0. The van der Waals surface area contributed by atoms with Crippen LogP contribution in [0.15, 0.2) is 23.9 Å². The quantitative estimate of drug-likeness (QED) is 0.724. The summed E-state index contributed by atoms with van der Waals surface area (Å²) in [7, 11) is 0. The van der Waals surface area contributed by atoms with Crippen LogP contribution in [0.5, 0.6) is 0 Å². The fraction of sp³-hybridized carbons (Fsp3) is 0.722. The van der Waals surface area contributed by atoms with E-state index in [9.17, 15) is 0 Å². The van der Waals surface area contributed by atoms with Gasteiger partial charge in [0.1, 0.15) is 0 Å². The molecule has 1 aliphatic carbocycles. The van der Waals surface area contributed by atoms with Gasteiger partial charge in [-0.25, -0.2) is 0 Å². The molecule has 0 saturated heterocycles. The van der Waals surface area contributed by atoms with Gasteiger partial charge < -0.3 is 5.32 Å². The van der Waals surface area contributed by atoms with Crippen LogP contribution in [0.25, 0.3) is 0 Å². The zero-order chi connectivity index (χ0) is 15.1. The second kappa shape index (κ2) is 8.38. The molecule has 3 nitrogen and oxygen atoms in total. The summed E-state index contributed by atoms with van der Waals surface area (Å²) in [4.78, 5) is 0. The van der Waals surface area contributed by atoms with E-state index in [2.05, 4.69) is 49.1 Å². The largest absolute Gasteiger partial charge is 0.313 e. The van der Waals surface area contributed by atoms with E-state index in [1.54, 1.807) is 5.57 Å². The van der Waals surface area contributed by atoms with Gasteiger partial charge in [-0.1, -0.05) is 18.6 Å². The molecule has 0 amide bonds. The molecule has 1 heterocycles. The Hall–Kier alpha value is -1.09. The SMILES string of the molecule is CCCNC(CC1=CCCCC1)Cc1ccn(C(C)C)n1. The van der Waals surface area contributed by atoms with Gasteiger partial charge in [0.25, 0.3) is 0 Å². The molecule has 1 atom stereocenters. The van der Waals surface area contributed by atoms with Crippen molar-refractivity contribution in [3.63, 3.8) is 0 Å². The van der Waals surface area contributed by atoms with Gasteiger partial charge in [0.15, 0.2) is 0 Å². The average molecular weight is 289 g/mol. The zero-order valence-electron chi connectivity index (χ0n) is 13.9. The number of hydrogen-bond donors (Lipinski definition) is 1. The molecular formula is C18H31N3. The van der Waals surface area contributed by atoms with E-state index in [0.29, 0.717) is 12.1 Å². The summed E-state index contributed by atoms with van der Waals surface area (Å²) in [5.41, 5.74) is 2.87. The fourth-order valence-corrected chi connectivity index (χ4v) is 3.00. The Bertz CT molecular complexity index is 445. The fourth-order valence-electron chi connectivity index (χ4n) is 3.00. The highest BCUT2D eigenvalue weighted by molar-refractivity contribution is 5.10. The predicted molar refractivity (Wildman–Crippen MR) is 89.6 cm³/mol. The highest BCUT2D eigenvalue weighted by Gasteiger charge is 2.15. The standard InChI is InChI=1S/C18H31N3/c1-4-11-19-18(13-16-8-6-5-7-9-16)14-17-10-12-21(20-17)15(2)3/h8,10,12,15,18-19H,4-7,9,11,13-14H2,1-3H3. The summed E-state index contributed by atoms with van der Waals surface area (Å²) in [6, 6.07) is 3.15. The molecular weight excluding hydrogens is 258 g/mol. The maximum atomic E-state index is 4.71. The first-order valence-electron chi connectivity index (χ1n) is 8.64. The Morgan fingerprint density at radius 1 is 1.29 bits per heavy atom. The van der Waals surface area contributed by atoms with Gasteiger partial charge >= 0.3 is 0 Å². The second-order valence-electron chi connectivity index (χ2n) is 6.55. The van der Waals surface area contributed by atoms with Crippen LogP contribution >= 0.6 is 0 Å². The van der Waals surface area contributed by atoms with Crippen molar-refractivity contribution in [3.05, 3.63) is 29.6 Å². The lowest BCUT2D eigenvalue weighted by Gasteiger charge is -2.21. The predicted octanol–water partition coefficient (Wildman–Crippen LogP) is 4.27. The van der Waals surface area contributed by atoms with Crippen molar-refractivity contribution in [3.8, 4) is 0 Å². The van der Waals surface area contributed by atoms with Gasteiger partial charge in [0.2, 0.25) is 0 Å². The number of rotatable bonds is 8. The lowest BCUT2D eigenvalue weighted by atomic mass is 9.92. The maximum absolute atomic E-state index is 4.71. The Morgan fingerprint density at radius 3 is 2.76 bits per heavy atom. The molecule has 0 aliphatic heterocycles. The van der Waals surface area contributed by atoms with E-state index >= 15 is 0 Å². The van der Waals surface area contributed by atoms with Crippen molar-refractivity contribution >= 4 is 0 Å². The molecule has 0 radical (unpaired) electrons. The van der Waals surface area contributed by atoms with E-state index in [1.807, 2.05) is 0 Å². The molecule has 0 bridgehead atoms. The average Bonchev–Trinajstić information content (AvgIpc) is 2.94. The topological polar surface area (TPSA) is 29.9 Å². The normalized spacial score (nSPS) is 17.0. The first kappa shape index (κ1) is 16.3. The number of nitrogens with one attached hydrogen (secondary N) is 1. The van der Waals surface area contributed by atoms with E-state index < -0.39 is 0 Å². The lowest BCUT2D eigenvalue weighted by molar-refractivity contribution is 0.475. The van der Waals surface area contributed by atoms with Crippen LogP contribution in [0.3, 0.4) is 0 Å². The summed E-state index contributed by atoms with van der Waals surface area (Å²) in [5, 5.41) is 8.42. The van der Waals surface area contributed by atoms with E-state index in [0.717, 1.165) is 13.0 Å². The highest BCUT2D eigenvalue weighted by Crippen LogP contribution is 2.22. The molecule has 21 heavy (non-hydrogen) atoms. The summed E-state index contributed by atoms with van der Waals surface area (Å²) in [6.45, 7) is 7.69. The zero-order valence-corrected chi connectivity index (χ0v) is 13.9. The molecule has 1 aromatic heterocycles. The first-order chi connectivity index (χ1) is 10.2. The van der Waals surface area contributed by atoms with Crippen LogP contribution in [0, 0.1) is 0 Å². The van der Waals surface area contributed by atoms with E-state index in [1.165, 1.54) is 44.2 Å². The Morgan fingerprint density at radius 2 is 2.14 bits per heavy atom. The Balaban J connectivity index is 1.95. The molecule has 118 valence electrons. The van der Waals surface area contributed by atoms with Crippen LogP contribution < -0.4 is 5.32 Å². The molecule has 0 fully saturated rings. The number of nitrogens with zero attached hydrogens (tertiary/aromatic N) is 2.